The highest BCUT2D eigenvalue weighted by molar-refractivity contribution is 5.87. The molecule has 1 heterocycles. The van der Waals surface area contributed by atoms with Gasteiger partial charge in [-0.3, -0.25) is 14.8 Å². The van der Waals surface area contributed by atoms with Crippen LogP contribution in [0.5, 0.6) is 0 Å². The fourth-order valence-electron chi connectivity index (χ4n) is 1.97. The second kappa shape index (κ2) is 9.14. The van der Waals surface area contributed by atoms with E-state index >= 15 is 0 Å². The first kappa shape index (κ1) is 16.2. The topological polar surface area (TPSA) is 81.7 Å². The van der Waals surface area contributed by atoms with Gasteiger partial charge in [0.1, 0.15) is 0 Å². The number of hydrogen-bond acceptors (Lipinski definition) is 4. The number of nitrogens with one attached hydrogen (secondary N) is 2. The summed E-state index contributed by atoms with van der Waals surface area (Å²) in [6, 6.07) is 0.276. The predicted molar refractivity (Wildman–Crippen MR) is 75.9 cm³/mol. The van der Waals surface area contributed by atoms with Crippen LogP contribution in [-0.4, -0.2) is 41.6 Å². The number of likely N-dealkylation sites (N-methyl/N-ethyl adjacent to an activating group) is 1. The van der Waals surface area contributed by atoms with Gasteiger partial charge in [0.15, 0.2) is 0 Å². The highest BCUT2D eigenvalue weighted by Gasteiger charge is 2.11. The molecule has 1 aliphatic heterocycles. The van der Waals surface area contributed by atoms with E-state index < -0.39 is 0 Å². The Morgan fingerprint density at radius 2 is 2.20 bits per heavy atom. The molecule has 6 nitrogen and oxygen atoms in total. The van der Waals surface area contributed by atoms with Crippen molar-refractivity contribution in [1.29, 1.82) is 0 Å². The van der Waals surface area contributed by atoms with Gasteiger partial charge >= 0.3 is 0 Å². The maximum Gasteiger partial charge on any atom is 0.243 e. The number of nitrogens with zero attached hydrogens (tertiary/aromatic N) is 1. The number of carbonyl (C=O) groups excluding carboxylic acids is 2. The first-order chi connectivity index (χ1) is 9.63. The summed E-state index contributed by atoms with van der Waals surface area (Å²) in [4.78, 5) is 24.4. The fraction of sp³-hybridized carbons (Fsp3) is 0.571. The summed E-state index contributed by atoms with van der Waals surface area (Å²) in [5.74, 6) is -0.454. The smallest absolute Gasteiger partial charge is 0.243 e. The Bertz CT molecular complexity index is 380. The van der Waals surface area contributed by atoms with Gasteiger partial charge in [0.2, 0.25) is 11.8 Å². The third kappa shape index (κ3) is 6.38. The molecule has 1 rings (SSSR count). The summed E-state index contributed by atoms with van der Waals surface area (Å²) in [6.45, 7) is 0.600. The predicted octanol–water partition coefficient (Wildman–Crippen LogP) is 0.942. The molecular weight excluding hydrogens is 258 g/mol. The molecule has 0 aromatic rings. The molecule has 0 aliphatic carbocycles. The molecular formula is C14H23N3O3. The number of hydrogen-bond donors (Lipinski definition) is 3. The lowest BCUT2D eigenvalue weighted by Crippen LogP contribution is -2.24. The molecule has 0 spiro atoms. The molecule has 1 unspecified atom stereocenters. The summed E-state index contributed by atoms with van der Waals surface area (Å²) in [7, 11) is 1.99. The van der Waals surface area contributed by atoms with Gasteiger partial charge in [0.05, 0.1) is 6.04 Å². The van der Waals surface area contributed by atoms with E-state index in [4.69, 9.17) is 5.21 Å². The van der Waals surface area contributed by atoms with Crippen LogP contribution in [-0.2, 0) is 9.59 Å². The van der Waals surface area contributed by atoms with Crippen LogP contribution in [0.15, 0.2) is 24.4 Å². The van der Waals surface area contributed by atoms with Gasteiger partial charge in [-0.05, 0) is 25.5 Å². The minimum absolute atomic E-state index is 0.0848. The van der Waals surface area contributed by atoms with Gasteiger partial charge in [0.25, 0.3) is 0 Å². The average molecular weight is 281 g/mol. The van der Waals surface area contributed by atoms with E-state index in [9.17, 15) is 9.59 Å². The normalized spacial score (nSPS) is 17.7. The van der Waals surface area contributed by atoms with E-state index in [0.29, 0.717) is 19.4 Å². The summed E-state index contributed by atoms with van der Waals surface area (Å²) >= 11 is 0. The SMILES string of the molecule is CN1C=CCC1/C=C/C(=O)NCCCCCC(=O)NO. The molecule has 0 radical (unpaired) electrons. The molecule has 0 saturated heterocycles. The minimum Gasteiger partial charge on any atom is -0.374 e. The Labute approximate surface area is 119 Å². The standard InChI is InChI=1S/C14H23N3O3/c1-17-11-5-6-12(17)8-9-13(18)15-10-4-2-3-7-14(19)16-20/h5,8-9,11-12,20H,2-4,6-7,10H2,1H3,(H,15,18)(H,16,19)/b9-8+. The van der Waals surface area contributed by atoms with E-state index in [-0.39, 0.29) is 17.9 Å². The van der Waals surface area contributed by atoms with Crippen LogP contribution in [0.25, 0.3) is 0 Å². The van der Waals surface area contributed by atoms with Crippen molar-refractivity contribution < 1.29 is 14.8 Å². The molecule has 3 N–H and O–H groups in total. The Morgan fingerprint density at radius 3 is 2.85 bits per heavy atom. The van der Waals surface area contributed by atoms with Crippen molar-refractivity contribution in [1.82, 2.24) is 15.7 Å². The van der Waals surface area contributed by atoms with Crippen molar-refractivity contribution in [2.75, 3.05) is 13.6 Å². The Kier molecular flexibility index (Phi) is 7.42. The first-order valence-electron chi connectivity index (χ1n) is 6.91. The molecule has 0 aromatic heterocycles. The average Bonchev–Trinajstić information content (AvgIpc) is 2.85. The molecule has 112 valence electrons. The van der Waals surface area contributed by atoms with Crippen LogP contribution in [0.4, 0.5) is 0 Å². The number of unbranched alkanes of at least 4 members (excludes halogenated alkanes) is 2. The Morgan fingerprint density at radius 1 is 1.40 bits per heavy atom. The zero-order valence-electron chi connectivity index (χ0n) is 11.8. The summed E-state index contributed by atoms with van der Waals surface area (Å²) in [5.41, 5.74) is 1.59. The fourth-order valence-corrected chi connectivity index (χ4v) is 1.97. The molecule has 1 aliphatic rings. The Hall–Kier alpha value is -1.82. The van der Waals surface area contributed by atoms with Crippen molar-refractivity contribution in [3.63, 3.8) is 0 Å². The van der Waals surface area contributed by atoms with Crippen LogP contribution in [0.3, 0.4) is 0 Å². The third-order valence-electron chi connectivity index (χ3n) is 3.22. The number of hydroxylamine groups is 1. The summed E-state index contributed by atoms with van der Waals surface area (Å²) in [6.07, 6.45) is 11.2. The van der Waals surface area contributed by atoms with Crippen LogP contribution < -0.4 is 10.8 Å². The second-order valence-electron chi connectivity index (χ2n) is 4.85. The highest BCUT2D eigenvalue weighted by atomic mass is 16.5. The monoisotopic (exact) mass is 281 g/mol. The highest BCUT2D eigenvalue weighted by Crippen LogP contribution is 2.12. The minimum atomic E-state index is -0.369. The summed E-state index contributed by atoms with van der Waals surface area (Å²) < 4.78 is 0. The van der Waals surface area contributed by atoms with Gasteiger partial charge in [-0.25, -0.2) is 5.48 Å². The molecule has 0 saturated carbocycles. The van der Waals surface area contributed by atoms with Gasteiger partial charge < -0.3 is 10.2 Å². The Balaban J connectivity index is 2.03. The van der Waals surface area contributed by atoms with Crippen LogP contribution >= 0.6 is 0 Å². The van der Waals surface area contributed by atoms with Crippen molar-refractivity contribution in [3.05, 3.63) is 24.4 Å². The zero-order chi connectivity index (χ0) is 14.8. The molecule has 2 amide bonds. The van der Waals surface area contributed by atoms with Gasteiger partial charge in [0, 0.05) is 26.1 Å². The lowest BCUT2D eigenvalue weighted by Gasteiger charge is -2.16. The molecule has 20 heavy (non-hydrogen) atoms. The molecule has 0 bridgehead atoms. The van der Waals surface area contributed by atoms with Gasteiger partial charge in [-0.1, -0.05) is 18.6 Å². The molecule has 0 aromatic carbocycles. The molecule has 6 heteroatoms. The quantitative estimate of drug-likeness (QED) is 0.268. The largest absolute Gasteiger partial charge is 0.374 e. The van der Waals surface area contributed by atoms with Crippen molar-refractivity contribution >= 4 is 11.8 Å². The van der Waals surface area contributed by atoms with Crippen LogP contribution in [0, 0.1) is 0 Å². The van der Waals surface area contributed by atoms with E-state index in [1.165, 1.54) is 0 Å². The van der Waals surface area contributed by atoms with Gasteiger partial charge in [-0.15, -0.1) is 0 Å². The summed E-state index contributed by atoms with van der Waals surface area (Å²) in [5, 5.41) is 11.1. The van der Waals surface area contributed by atoms with Gasteiger partial charge in [-0.2, -0.15) is 0 Å². The zero-order valence-corrected chi connectivity index (χ0v) is 11.8. The van der Waals surface area contributed by atoms with Crippen LogP contribution in [0.1, 0.15) is 32.1 Å². The van der Waals surface area contributed by atoms with E-state index in [1.807, 2.05) is 19.3 Å². The van der Waals surface area contributed by atoms with Crippen molar-refractivity contribution in [3.8, 4) is 0 Å². The number of rotatable bonds is 8. The molecule has 1 atom stereocenters. The second-order valence-corrected chi connectivity index (χ2v) is 4.85. The lowest BCUT2D eigenvalue weighted by atomic mass is 10.2. The number of amides is 2. The first-order valence-corrected chi connectivity index (χ1v) is 6.91. The third-order valence-corrected chi connectivity index (χ3v) is 3.22. The number of carbonyl (C=O) groups is 2. The van der Waals surface area contributed by atoms with E-state index in [2.05, 4.69) is 16.3 Å². The lowest BCUT2D eigenvalue weighted by molar-refractivity contribution is -0.129. The van der Waals surface area contributed by atoms with Crippen molar-refractivity contribution in [2.45, 2.75) is 38.1 Å². The maximum atomic E-state index is 11.6. The van der Waals surface area contributed by atoms with Crippen molar-refractivity contribution in [2.24, 2.45) is 0 Å². The van der Waals surface area contributed by atoms with E-state index in [1.54, 1.807) is 11.6 Å². The van der Waals surface area contributed by atoms with Crippen LogP contribution in [0.2, 0.25) is 0 Å². The molecule has 0 fully saturated rings. The van der Waals surface area contributed by atoms with E-state index in [0.717, 1.165) is 19.3 Å². The maximum absolute atomic E-state index is 11.6.